The lowest BCUT2D eigenvalue weighted by atomic mass is 10.0. The van der Waals surface area contributed by atoms with Crippen LogP contribution in [0.4, 0.5) is 0 Å². The van der Waals surface area contributed by atoms with Crippen LogP contribution in [0.15, 0.2) is 0 Å². The standard InChI is InChI=1S/C12H24N2O/c1-8(2)7-10(13)12(15)14-11-6-4-5-9(11)3/h8-11H,4-7,13H2,1-3H3,(H,14,15)/t9?,10-,11?/m1/s1. The van der Waals surface area contributed by atoms with Gasteiger partial charge in [0.15, 0.2) is 0 Å². The maximum absolute atomic E-state index is 11.7. The third-order valence-electron chi connectivity index (χ3n) is 3.25. The Bertz CT molecular complexity index is 216. The van der Waals surface area contributed by atoms with E-state index in [4.69, 9.17) is 5.73 Å². The van der Waals surface area contributed by atoms with Gasteiger partial charge in [0.2, 0.25) is 5.91 Å². The molecule has 0 heterocycles. The van der Waals surface area contributed by atoms with Gasteiger partial charge in [-0.2, -0.15) is 0 Å². The molecule has 3 nitrogen and oxygen atoms in total. The van der Waals surface area contributed by atoms with Gasteiger partial charge in [0, 0.05) is 6.04 Å². The van der Waals surface area contributed by atoms with E-state index in [9.17, 15) is 4.79 Å². The molecule has 0 aromatic carbocycles. The van der Waals surface area contributed by atoms with E-state index in [1.54, 1.807) is 0 Å². The predicted octanol–water partition coefficient (Wildman–Crippen LogP) is 1.66. The van der Waals surface area contributed by atoms with Crippen LogP contribution in [0.5, 0.6) is 0 Å². The Hall–Kier alpha value is -0.570. The summed E-state index contributed by atoms with van der Waals surface area (Å²) in [5, 5.41) is 3.07. The fourth-order valence-corrected chi connectivity index (χ4v) is 2.26. The Kier molecular flexibility index (Phi) is 4.58. The Morgan fingerprint density at radius 3 is 2.60 bits per heavy atom. The van der Waals surface area contributed by atoms with Crippen LogP contribution < -0.4 is 11.1 Å². The third-order valence-corrected chi connectivity index (χ3v) is 3.25. The summed E-state index contributed by atoms with van der Waals surface area (Å²) in [5.74, 6) is 1.12. The minimum Gasteiger partial charge on any atom is -0.352 e. The summed E-state index contributed by atoms with van der Waals surface area (Å²) in [6.07, 6.45) is 4.34. The first kappa shape index (κ1) is 12.5. The van der Waals surface area contributed by atoms with E-state index < -0.39 is 0 Å². The SMILES string of the molecule is CC(C)C[C@@H](N)C(=O)NC1CCCC1C. The molecule has 0 aliphatic heterocycles. The zero-order valence-corrected chi connectivity index (χ0v) is 10.1. The van der Waals surface area contributed by atoms with E-state index in [-0.39, 0.29) is 11.9 Å². The molecule has 0 saturated heterocycles. The van der Waals surface area contributed by atoms with Gasteiger partial charge in [-0.1, -0.05) is 27.2 Å². The van der Waals surface area contributed by atoms with Crippen molar-refractivity contribution in [1.29, 1.82) is 0 Å². The lowest BCUT2D eigenvalue weighted by Crippen LogP contribution is -2.46. The highest BCUT2D eigenvalue weighted by atomic mass is 16.2. The molecular weight excluding hydrogens is 188 g/mol. The molecule has 1 rings (SSSR count). The van der Waals surface area contributed by atoms with Crippen molar-refractivity contribution >= 4 is 5.91 Å². The van der Waals surface area contributed by atoms with Gasteiger partial charge in [-0.15, -0.1) is 0 Å². The average Bonchev–Trinajstić information content (AvgIpc) is 2.50. The van der Waals surface area contributed by atoms with Gasteiger partial charge in [-0.3, -0.25) is 4.79 Å². The van der Waals surface area contributed by atoms with E-state index in [1.165, 1.54) is 12.8 Å². The summed E-state index contributed by atoms with van der Waals surface area (Å²) in [6, 6.07) is 0.0218. The summed E-state index contributed by atoms with van der Waals surface area (Å²) in [5.41, 5.74) is 5.83. The molecule has 1 aliphatic rings. The number of nitrogens with one attached hydrogen (secondary N) is 1. The van der Waals surface area contributed by atoms with Crippen LogP contribution in [0.3, 0.4) is 0 Å². The summed E-state index contributed by atoms with van der Waals surface area (Å²) in [6.45, 7) is 6.38. The van der Waals surface area contributed by atoms with E-state index in [2.05, 4.69) is 26.1 Å². The van der Waals surface area contributed by atoms with Crippen LogP contribution in [0, 0.1) is 11.8 Å². The molecule has 3 N–H and O–H groups in total. The zero-order chi connectivity index (χ0) is 11.4. The highest BCUT2D eigenvalue weighted by molar-refractivity contribution is 5.81. The lowest BCUT2D eigenvalue weighted by molar-refractivity contribution is -0.123. The Morgan fingerprint density at radius 2 is 2.13 bits per heavy atom. The van der Waals surface area contributed by atoms with Crippen molar-refractivity contribution in [3.05, 3.63) is 0 Å². The highest BCUT2D eigenvalue weighted by Crippen LogP contribution is 2.24. The monoisotopic (exact) mass is 212 g/mol. The zero-order valence-electron chi connectivity index (χ0n) is 10.1. The van der Waals surface area contributed by atoms with E-state index in [0.29, 0.717) is 17.9 Å². The Balaban J connectivity index is 2.34. The second kappa shape index (κ2) is 5.50. The van der Waals surface area contributed by atoms with E-state index in [0.717, 1.165) is 12.8 Å². The van der Waals surface area contributed by atoms with Gasteiger partial charge in [0.05, 0.1) is 6.04 Å². The van der Waals surface area contributed by atoms with Crippen molar-refractivity contribution in [1.82, 2.24) is 5.32 Å². The van der Waals surface area contributed by atoms with Crippen LogP contribution in [0.1, 0.15) is 46.5 Å². The number of amides is 1. The van der Waals surface area contributed by atoms with E-state index >= 15 is 0 Å². The normalized spacial score (nSPS) is 28.1. The average molecular weight is 212 g/mol. The molecular formula is C12H24N2O. The summed E-state index contributed by atoms with van der Waals surface area (Å²) in [7, 11) is 0. The van der Waals surface area contributed by atoms with Crippen molar-refractivity contribution in [2.24, 2.45) is 17.6 Å². The fraction of sp³-hybridized carbons (Fsp3) is 0.917. The second-order valence-corrected chi connectivity index (χ2v) is 5.26. The van der Waals surface area contributed by atoms with Crippen molar-refractivity contribution in [2.45, 2.75) is 58.5 Å². The molecule has 1 aliphatic carbocycles. The van der Waals surface area contributed by atoms with Gasteiger partial charge >= 0.3 is 0 Å². The molecule has 3 heteroatoms. The van der Waals surface area contributed by atoms with Crippen LogP contribution in [0.25, 0.3) is 0 Å². The minimum absolute atomic E-state index is 0.0300. The molecule has 15 heavy (non-hydrogen) atoms. The molecule has 88 valence electrons. The Labute approximate surface area is 92.8 Å². The second-order valence-electron chi connectivity index (χ2n) is 5.26. The van der Waals surface area contributed by atoms with Gasteiger partial charge in [-0.25, -0.2) is 0 Å². The molecule has 0 radical (unpaired) electrons. The molecule has 1 fully saturated rings. The molecule has 3 atom stereocenters. The van der Waals surface area contributed by atoms with Crippen molar-refractivity contribution in [2.75, 3.05) is 0 Å². The van der Waals surface area contributed by atoms with Crippen LogP contribution in [-0.2, 0) is 4.79 Å². The molecule has 1 amide bonds. The maximum Gasteiger partial charge on any atom is 0.237 e. The first-order valence-electron chi connectivity index (χ1n) is 6.06. The molecule has 2 unspecified atom stereocenters. The lowest BCUT2D eigenvalue weighted by Gasteiger charge is -2.21. The summed E-state index contributed by atoms with van der Waals surface area (Å²) >= 11 is 0. The number of carbonyl (C=O) groups excluding carboxylic acids is 1. The van der Waals surface area contributed by atoms with Crippen molar-refractivity contribution < 1.29 is 4.79 Å². The number of rotatable bonds is 4. The molecule has 0 aromatic heterocycles. The fourth-order valence-electron chi connectivity index (χ4n) is 2.26. The van der Waals surface area contributed by atoms with E-state index in [1.807, 2.05) is 0 Å². The number of hydrogen-bond acceptors (Lipinski definition) is 2. The molecule has 0 bridgehead atoms. The van der Waals surface area contributed by atoms with Crippen molar-refractivity contribution in [3.8, 4) is 0 Å². The quantitative estimate of drug-likeness (QED) is 0.744. The van der Waals surface area contributed by atoms with Gasteiger partial charge in [0.25, 0.3) is 0 Å². The van der Waals surface area contributed by atoms with Gasteiger partial charge in [-0.05, 0) is 31.1 Å². The highest BCUT2D eigenvalue weighted by Gasteiger charge is 2.26. The van der Waals surface area contributed by atoms with Crippen molar-refractivity contribution in [3.63, 3.8) is 0 Å². The predicted molar refractivity (Wildman–Crippen MR) is 62.4 cm³/mol. The van der Waals surface area contributed by atoms with Gasteiger partial charge in [0.1, 0.15) is 0 Å². The maximum atomic E-state index is 11.7. The molecule has 0 aromatic rings. The minimum atomic E-state index is -0.335. The van der Waals surface area contributed by atoms with Gasteiger partial charge < -0.3 is 11.1 Å². The first-order chi connectivity index (χ1) is 7.00. The molecule has 1 saturated carbocycles. The van der Waals surface area contributed by atoms with Crippen LogP contribution in [-0.4, -0.2) is 18.0 Å². The first-order valence-corrected chi connectivity index (χ1v) is 6.06. The number of hydrogen-bond donors (Lipinski definition) is 2. The summed E-state index contributed by atoms with van der Waals surface area (Å²) < 4.78 is 0. The smallest absolute Gasteiger partial charge is 0.237 e. The van der Waals surface area contributed by atoms with Crippen LogP contribution in [0.2, 0.25) is 0 Å². The Morgan fingerprint density at radius 1 is 1.47 bits per heavy atom. The molecule has 0 spiro atoms. The van der Waals surface area contributed by atoms with Crippen LogP contribution >= 0.6 is 0 Å². The third kappa shape index (κ3) is 3.82. The summed E-state index contributed by atoms with van der Waals surface area (Å²) in [4.78, 5) is 11.7. The number of carbonyl (C=O) groups is 1. The largest absolute Gasteiger partial charge is 0.352 e. The topological polar surface area (TPSA) is 55.1 Å². The number of nitrogens with two attached hydrogens (primary N) is 1.